The standard InChI is InChI=1S/C26H32N4O2S/c1-4-25(32)30-17-15-29(16-18-30)23-12-10-22(11-13-23)27-26(33)28-24(31)14-7-20-5-8-21(9-6-20)19(2)3/h5-14,19H,4,15-18H2,1-3H3,(H2,27,28,31,33)/b14-7+. The molecular formula is C26H32N4O2S. The highest BCUT2D eigenvalue weighted by Gasteiger charge is 2.20. The molecule has 6 nitrogen and oxygen atoms in total. The van der Waals surface area contributed by atoms with Gasteiger partial charge in [0.05, 0.1) is 0 Å². The van der Waals surface area contributed by atoms with Gasteiger partial charge in [0, 0.05) is 50.1 Å². The summed E-state index contributed by atoms with van der Waals surface area (Å²) in [7, 11) is 0. The normalized spacial score (nSPS) is 13.9. The number of rotatable bonds is 6. The summed E-state index contributed by atoms with van der Waals surface area (Å²) in [6, 6.07) is 16.0. The number of benzene rings is 2. The minimum Gasteiger partial charge on any atom is -0.368 e. The van der Waals surface area contributed by atoms with E-state index in [2.05, 4.69) is 41.5 Å². The Morgan fingerprint density at radius 1 is 1.00 bits per heavy atom. The third kappa shape index (κ3) is 7.15. The van der Waals surface area contributed by atoms with Crippen molar-refractivity contribution >= 4 is 46.6 Å². The van der Waals surface area contributed by atoms with E-state index in [9.17, 15) is 9.59 Å². The Balaban J connectivity index is 1.46. The van der Waals surface area contributed by atoms with Crippen LogP contribution < -0.4 is 15.5 Å². The summed E-state index contributed by atoms with van der Waals surface area (Å²) in [5.41, 5.74) is 4.13. The number of hydrogen-bond donors (Lipinski definition) is 2. The number of thiocarbonyl (C=S) groups is 1. The van der Waals surface area contributed by atoms with Gasteiger partial charge >= 0.3 is 0 Å². The van der Waals surface area contributed by atoms with Crippen LogP contribution in [0.25, 0.3) is 6.08 Å². The Hall–Kier alpha value is -3.19. The highest BCUT2D eigenvalue weighted by molar-refractivity contribution is 7.80. The summed E-state index contributed by atoms with van der Waals surface area (Å²) < 4.78 is 0. The van der Waals surface area contributed by atoms with Gasteiger partial charge < -0.3 is 15.1 Å². The number of carbonyl (C=O) groups excluding carboxylic acids is 2. The SMILES string of the molecule is CCC(=O)N1CCN(c2ccc(NC(=S)NC(=O)/C=C/c3ccc(C(C)C)cc3)cc2)CC1. The van der Waals surface area contributed by atoms with Gasteiger partial charge in [0.15, 0.2) is 5.11 Å². The Bertz CT molecular complexity index is 992. The summed E-state index contributed by atoms with van der Waals surface area (Å²) in [4.78, 5) is 28.2. The van der Waals surface area contributed by atoms with Crippen LogP contribution in [0.3, 0.4) is 0 Å². The zero-order valence-electron chi connectivity index (χ0n) is 19.5. The lowest BCUT2D eigenvalue weighted by atomic mass is 10.0. The molecule has 33 heavy (non-hydrogen) atoms. The molecule has 0 radical (unpaired) electrons. The molecule has 7 heteroatoms. The van der Waals surface area contributed by atoms with Gasteiger partial charge in [-0.05, 0) is 59.6 Å². The average Bonchev–Trinajstić information content (AvgIpc) is 2.83. The number of piperazine rings is 1. The van der Waals surface area contributed by atoms with Crippen LogP contribution >= 0.6 is 12.2 Å². The Morgan fingerprint density at radius 3 is 2.21 bits per heavy atom. The first-order valence-corrected chi connectivity index (χ1v) is 11.8. The van der Waals surface area contributed by atoms with E-state index in [-0.39, 0.29) is 16.9 Å². The Labute approximate surface area is 201 Å². The molecule has 0 bridgehead atoms. The fraction of sp³-hybridized carbons (Fsp3) is 0.346. The first-order valence-electron chi connectivity index (χ1n) is 11.4. The molecule has 0 atom stereocenters. The quantitative estimate of drug-likeness (QED) is 0.490. The van der Waals surface area contributed by atoms with Crippen LogP contribution in [0.15, 0.2) is 54.6 Å². The number of nitrogens with one attached hydrogen (secondary N) is 2. The maximum absolute atomic E-state index is 12.2. The summed E-state index contributed by atoms with van der Waals surface area (Å²) in [5, 5.41) is 5.97. The van der Waals surface area contributed by atoms with Gasteiger partial charge in [-0.1, -0.05) is 45.0 Å². The van der Waals surface area contributed by atoms with Crippen LogP contribution in [0.2, 0.25) is 0 Å². The van der Waals surface area contributed by atoms with E-state index in [1.165, 1.54) is 11.6 Å². The molecule has 2 amide bonds. The molecule has 0 aliphatic carbocycles. The van der Waals surface area contributed by atoms with Crippen molar-refractivity contribution in [3.05, 3.63) is 65.7 Å². The van der Waals surface area contributed by atoms with E-state index in [0.29, 0.717) is 12.3 Å². The number of amides is 2. The smallest absolute Gasteiger partial charge is 0.250 e. The number of nitrogens with zero attached hydrogens (tertiary/aromatic N) is 2. The zero-order chi connectivity index (χ0) is 23.8. The highest BCUT2D eigenvalue weighted by atomic mass is 32.1. The Morgan fingerprint density at radius 2 is 1.64 bits per heavy atom. The fourth-order valence-electron chi connectivity index (χ4n) is 3.67. The molecule has 1 aliphatic rings. The molecular weight excluding hydrogens is 432 g/mol. The fourth-order valence-corrected chi connectivity index (χ4v) is 3.89. The van der Waals surface area contributed by atoms with Gasteiger partial charge in [-0.3, -0.25) is 14.9 Å². The molecule has 1 aliphatic heterocycles. The second kappa shape index (κ2) is 11.6. The molecule has 2 aromatic rings. The molecule has 2 aromatic carbocycles. The Kier molecular flexibility index (Phi) is 8.60. The molecule has 0 unspecified atom stereocenters. The first kappa shape index (κ1) is 24.5. The van der Waals surface area contributed by atoms with E-state index in [1.54, 1.807) is 6.08 Å². The molecule has 3 rings (SSSR count). The minimum absolute atomic E-state index is 0.212. The second-order valence-electron chi connectivity index (χ2n) is 8.37. The van der Waals surface area contributed by atoms with E-state index in [4.69, 9.17) is 12.2 Å². The third-order valence-electron chi connectivity index (χ3n) is 5.69. The molecule has 0 saturated carbocycles. The predicted octanol–water partition coefficient (Wildman–Crippen LogP) is 4.40. The van der Waals surface area contributed by atoms with Crippen molar-refractivity contribution in [1.29, 1.82) is 0 Å². The van der Waals surface area contributed by atoms with E-state index in [1.807, 2.05) is 48.2 Å². The molecule has 1 saturated heterocycles. The van der Waals surface area contributed by atoms with Crippen LogP contribution in [0, 0.1) is 0 Å². The lowest BCUT2D eigenvalue weighted by molar-refractivity contribution is -0.131. The van der Waals surface area contributed by atoms with Crippen LogP contribution in [-0.2, 0) is 9.59 Å². The number of hydrogen-bond acceptors (Lipinski definition) is 4. The van der Waals surface area contributed by atoms with Crippen molar-refractivity contribution < 1.29 is 9.59 Å². The van der Waals surface area contributed by atoms with Crippen molar-refractivity contribution in [2.75, 3.05) is 36.4 Å². The van der Waals surface area contributed by atoms with Crippen molar-refractivity contribution in [3.63, 3.8) is 0 Å². The molecule has 174 valence electrons. The summed E-state index contributed by atoms with van der Waals surface area (Å²) in [5.74, 6) is 0.408. The largest absolute Gasteiger partial charge is 0.368 e. The summed E-state index contributed by atoms with van der Waals surface area (Å²) in [6.07, 6.45) is 3.80. The predicted molar refractivity (Wildman–Crippen MR) is 139 cm³/mol. The molecule has 1 fully saturated rings. The van der Waals surface area contributed by atoms with Gasteiger partial charge in [-0.15, -0.1) is 0 Å². The molecule has 1 heterocycles. The second-order valence-corrected chi connectivity index (χ2v) is 8.77. The maximum atomic E-state index is 12.2. The van der Waals surface area contributed by atoms with Crippen molar-refractivity contribution in [2.24, 2.45) is 0 Å². The van der Waals surface area contributed by atoms with E-state index < -0.39 is 0 Å². The topological polar surface area (TPSA) is 64.7 Å². The van der Waals surface area contributed by atoms with Crippen molar-refractivity contribution in [3.8, 4) is 0 Å². The number of carbonyl (C=O) groups is 2. The van der Waals surface area contributed by atoms with Crippen molar-refractivity contribution in [1.82, 2.24) is 10.2 Å². The monoisotopic (exact) mass is 464 g/mol. The van der Waals surface area contributed by atoms with Gasteiger partial charge in [0.1, 0.15) is 0 Å². The maximum Gasteiger partial charge on any atom is 0.250 e. The average molecular weight is 465 g/mol. The lowest BCUT2D eigenvalue weighted by Crippen LogP contribution is -2.48. The van der Waals surface area contributed by atoms with Crippen LogP contribution in [0.1, 0.15) is 44.2 Å². The van der Waals surface area contributed by atoms with Crippen LogP contribution in [0.4, 0.5) is 11.4 Å². The van der Waals surface area contributed by atoms with Gasteiger partial charge in [0.25, 0.3) is 0 Å². The highest BCUT2D eigenvalue weighted by Crippen LogP contribution is 2.20. The van der Waals surface area contributed by atoms with E-state index in [0.717, 1.165) is 43.1 Å². The summed E-state index contributed by atoms with van der Waals surface area (Å²) >= 11 is 5.27. The summed E-state index contributed by atoms with van der Waals surface area (Å²) in [6.45, 7) is 9.33. The van der Waals surface area contributed by atoms with Gasteiger partial charge in [-0.25, -0.2) is 0 Å². The molecule has 2 N–H and O–H groups in total. The van der Waals surface area contributed by atoms with Gasteiger partial charge in [-0.2, -0.15) is 0 Å². The molecule has 0 aromatic heterocycles. The third-order valence-corrected chi connectivity index (χ3v) is 5.90. The minimum atomic E-state index is -0.281. The van der Waals surface area contributed by atoms with Crippen LogP contribution in [0.5, 0.6) is 0 Å². The van der Waals surface area contributed by atoms with E-state index >= 15 is 0 Å². The lowest BCUT2D eigenvalue weighted by Gasteiger charge is -2.36. The number of anilines is 2. The molecule has 0 spiro atoms. The van der Waals surface area contributed by atoms with Crippen LogP contribution in [-0.4, -0.2) is 48.0 Å². The zero-order valence-corrected chi connectivity index (χ0v) is 20.3. The van der Waals surface area contributed by atoms with Crippen molar-refractivity contribution in [2.45, 2.75) is 33.1 Å². The first-order chi connectivity index (χ1) is 15.9. The van der Waals surface area contributed by atoms with Gasteiger partial charge in [0.2, 0.25) is 11.8 Å².